The van der Waals surface area contributed by atoms with E-state index in [1.807, 2.05) is 13.8 Å². The molecule has 0 radical (unpaired) electrons. The highest BCUT2D eigenvalue weighted by Crippen LogP contribution is 2.45. The van der Waals surface area contributed by atoms with Gasteiger partial charge in [-0.3, -0.25) is 14.5 Å². The lowest BCUT2D eigenvalue weighted by Crippen LogP contribution is -2.57. The van der Waals surface area contributed by atoms with Crippen LogP contribution in [0.15, 0.2) is 18.2 Å². The van der Waals surface area contributed by atoms with E-state index < -0.39 is 11.8 Å². The molecule has 0 aromatic heterocycles. The second-order valence-corrected chi connectivity index (χ2v) is 8.51. The molecule has 30 heavy (non-hydrogen) atoms. The van der Waals surface area contributed by atoms with Crippen LogP contribution in [0.25, 0.3) is 0 Å². The van der Waals surface area contributed by atoms with Gasteiger partial charge in [-0.15, -0.1) is 0 Å². The highest BCUT2D eigenvalue weighted by molar-refractivity contribution is 6.02. The van der Waals surface area contributed by atoms with Crippen molar-refractivity contribution in [2.75, 3.05) is 20.8 Å². The Hall–Kier alpha value is -2.28. The van der Waals surface area contributed by atoms with E-state index in [1.165, 1.54) is 14.2 Å². The van der Waals surface area contributed by atoms with Crippen LogP contribution in [0.3, 0.4) is 0 Å². The van der Waals surface area contributed by atoms with Crippen LogP contribution in [-0.2, 0) is 9.53 Å². The van der Waals surface area contributed by atoms with Gasteiger partial charge in [-0.2, -0.15) is 0 Å². The highest BCUT2D eigenvalue weighted by Gasteiger charge is 2.54. The zero-order valence-corrected chi connectivity index (χ0v) is 18.7. The summed E-state index contributed by atoms with van der Waals surface area (Å²) >= 11 is 0. The van der Waals surface area contributed by atoms with Gasteiger partial charge >= 0.3 is 0 Å². The standard InChI is InChI=1S/C23H34N2O5/c1-6-16(3)24-21(26)17-14-30-23(12-8-9-15(2)13-23)25(17)22(27)20-18(28-4)10-7-11-19(20)29-5/h7,10-11,15-17H,6,8-9,12-14H2,1-5H3,(H,24,26)/t15-,16+,17-,23-/m0/s1. The molecule has 1 aliphatic heterocycles. The summed E-state index contributed by atoms with van der Waals surface area (Å²) in [5, 5.41) is 3.02. The Bertz CT molecular complexity index is 761. The summed E-state index contributed by atoms with van der Waals surface area (Å²) in [7, 11) is 3.05. The van der Waals surface area contributed by atoms with E-state index in [0.29, 0.717) is 35.8 Å². The first-order valence-electron chi connectivity index (χ1n) is 10.9. The number of benzene rings is 1. The summed E-state index contributed by atoms with van der Waals surface area (Å²) in [4.78, 5) is 28.8. The number of carbonyl (C=O) groups excluding carboxylic acids is 2. The second-order valence-electron chi connectivity index (χ2n) is 8.51. The fourth-order valence-electron chi connectivity index (χ4n) is 4.63. The van der Waals surface area contributed by atoms with Crippen LogP contribution in [0, 0.1) is 5.92 Å². The molecule has 2 fully saturated rings. The first-order valence-corrected chi connectivity index (χ1v) is 10.9. The number of ether oxygens (including phenoxy) is 3. The number of hydrogen-bond donors (Lipinski definition) is 1. The molecule has 166 valence electrons. The topological polar surface area (TPSA) is 77.1 Å². The molecule has 2 amide bonds. The van der Waals surface area contributed by atoms with Gasteiger partial charge in [-0.05, 0) is 50.7 Å². The molecule has 2 aliphatic rings. The predicted octanol–water partition coefficient (Wildman–Crippen LogP) is 3.37. The summed E-state index contributed by atoms with van der Waals surface area (Å²) in [5.74, 6) is 0.782. The molecule has 7 nitrogen and oxygen atoms in total. The number of nitrogens with zero attached hydrogens (tertiary/aromatic N) is 1. The van der Waals surface area contributed by atoms with Crippen molar-refractivity contribution in [3.8, 4) is 11.5 Å². The Morgan fingerprint density at radius 1 is 1.30 bits per heavy atom. The van der Waals surface area contributed by atoms with Gasteiger partial charge in [0.15, 0.2) is 0 Å². The van der Waals surface area contributed by atoms with Gasteiger partial charge in [0.25, 0.3) is 5.91 Å². The zero-order chi connectivity index (χ0) is 21.9. The molecule has 1 aromatic carbocycles. The van der Waals surface area contributed by atoms with Gasteiger partial charge in [0.2, 0.25) is 5.91 Å². The lowest BCUT2D eigenvalue weighted by atomic mass is 9.82. The number of hydrogen-bond acceptors (Lipinski definition) is 5. The highest BCUT2D eigenvalue weighted by atomic mass is 16.5. The molecule has 1 N–H and O–H groups in total. The molecule has 1 aromatic rings. The van der Waals surface area contributed by atoms with Crippen LogP contribution in [0.4, 0.5) is 0 Å². The van der Waals surface area contributed by atoms with Crippen LogP contribution in [-0.4, -0.2) is 55.3 Å². The number of methoxy groups -OCH3 is 2. The van der Waals surface area contributed by atoms with Gasteiger partial charge in [0, 0.05) is 6.04 Å². The summed E-state index contributed by atoms with van der Waals surface area (Å²) < 4.78 is 17.2. The molecular weight excluding hydrogens is 384 g/mol. The summed E-state index contributed by atoms with van der Waals surface area (Å²) in [6, 6.07) is 4.58. The van der Waals surface area contributed by atoms with E-state index >= 15 is 0 Å². The van der Waals surface area contributed by atoms with Crippen LogP contribution in [0.2, 0.25) is 0 Å². The maximum absolute atomic E-state index is 14.0. The third-order valence-electron chi connectivity index (χ3n) is 6.36. The fourth-order valence-corrected chi connectivity index (χ4v) is 4.63. The van der Waals surface area contributed by atoms with Crippen molar-refractivity contribution in [1.82, 2.24) is 10.2 Å². The summed E-state index contributed by atoms with van der Waals surface area (Å²) in [6.07, 6.45) is 4.29. The monoisotopic (exact) mass is 418 g/mol. The van der Waals surface area contributed by atoms with Crippen LogP contribution in [0.1, 0.15) is 63.2 Å². The van der Waals surface area contributed by atoms with E-state index in [1.54, 1.807) is 23.1 Å². The van der Waals surface area contributed by atoms with Gasteiger partial charge in [-0.25, -0.2) is 0 Å². The summed E-state index contributed by atoms with van der Waals surface area (Å²) in [6.45, 7) is 6.34. The minimum Gasteiger partial charge on any atom is -0.496 e. The van der Waals surface area contributed by atoms with Gasteiger partial charge < -0.3 is 19.5 Å². The van der Waals surface area contributed by atoms with E-state index in [4.69, 9.17) is 14.2 Å². The lowest BCUT2D eigenvalue weighted by molar-refractivity contribution is -0.129. The van der Waals surface area contributed by atoms with Crippen molar-refractivity contribution >= 4 is 11.8 Å². The van der Waals surface area contributed by atoms with Gasteiger partial charge in [-0.1, -0.05) is 26.3 Å². The average molecular weight is 419 g/mol. The lowest BCUT2D eigenvalue weighted by Gasteiger charge is -2.43. The molecule has 7 heteroatoms. The molecule has 3 rings (SSSR count). The normalized spacial score (nSPS) is 27.0. The van der Waals surface area contributed by atoms with E-state index in [9.17, 15) is 9.59 Å². The van der Waals surface area contributed by atoms with Crippen LogP contribution in [0.5, 0.6) is 11.5 Å². The number of rotatable bonds is 6. The molecule has 1 aliphatic carbocycles. The minimum atomic E-state index is -0.780. The molecule has 4 atom stereocenters. The Morgan fingerprint density at radius 2 is 1.97 bits per heavy atom. The molecule has 0 unspecified atom stereocenters. The molecule has 1 heterocycles. The van der Waals surface area contributed by atoms with Crippen molar-refractivity contribution in [1.29, 1.82) is 0 Å². The average Bonchev–Trinajstić information content (AvgIpc) is 3.10. The third-order valence-corrected chi connectivity index (χ3v) is 6.36. The molecule has 1 saturated carbocycles. The van der Waals surface area contributed by atoms with Gasteiger partial charge in [0.1, 0.15) is 28.8 Å². The Balaban J connectivity index is 2.04. The largest absolute Gasteiger partial charge is 0.496 e. The fraction of sp³-hybridized carbons (Fsp3) is 0.652. The van der Waals surface area contributed by atoms with Crippen molar-refractivity contribution in [2.24, 2.45) is 5.92 Å². The Morgan fingerprint density at radius 3 is 2.53 bits per heavy atom. The van der Waals surface area contributed by atoms with Gasteiger partial charge in [0.05, 0.1) is 20.8 Å². The number of nitrogens with one attached hydrogen (secondary N) is 1. The molecule has 0 bridgehead atoms. The number of amides is 2. The minimum absolute atomic E-state index is 0.0251. The van der Waals surface area contributed by atoms with Crippen molar-refractivity contribution in [3.05, 3.63) is 23.8 Å². The maximum atomic E-state index is 14.0. The molecular formula is C23H34N2O5. The maximum Gasteiger partial charge on any atom is 0.264 e. The van der Waals surface area contributed by atoms with Crippen molar-refractivity contribution in [3.63, 3.8) is 0 Å². The van der Waals surface area contributed by atoms with E-state index in [2.05, 4.69) is 12.2 Å². The first-order chi connectivity index (χ1) is 14.4. The second kappa shape index (κ2) is 9.25. The van der Waals surface area contributed by atoms with Crippen molar-refractivity contribution in [2.45, 2.75) is 70.7 Å². The molecule has 1 spiro atoms. The number of carbonyl (C=O) groups is 2. The van der Waals surface area contributed by atoms with Crippen molar-refractivity contribution < 1.29 is 23.8 Å². The third kappa shape index (κ3) is 4.13. The Labute approximate surface area is 179 Å². The van der Waals surface area contributed by atoms with Crippen LogP contribution < -0.4 is 14.8 Å². The zero-order valence-electron chi connectivity index (χ0n) is 18.7. The molecule has 1 saturated heterocycles. The first kappa shape index (κ1) is 22.4. The van der Waals surface area contributed by atoms with Crippen LogP contribution >= 0.6 is 0 Å². The smallest absolute Gasteiger partial charge is 0.264 e. The summed E-state index contributed by atoms with van der Waals surface area (Å²) in [5.41, 5.74) is -0.454. The predicted molar refractivity (Wildman–Crippen MR) is 114 cm³/mol. The quantitative estimate of drug-likeness (QED) is 0.767. The van der Waals surface area contributed by atoms with E-state index in [0.717, 1.165) is 19.3 Å². The Kier molecular flexibility index (Phi) is 6.91. The SMILES string of the molecule is CC[C@@H](C)NC(=O)[C@@H]1CO[C@]2(CCC[C@H](C)C2)N1C(=O)c1c(OC)cccc1OC. The van der Waals surface area contributed by atoms with E-state index in [-0.39, 0.29) is 24.5 Å².